The molecule has 4 aromatic rings. The van der Waals surface area contributed by atoms with Crippen molar-refractivity contribution in [2.24, 2.45) is 7.05 Å². The van der Waals surface area contributed by atoms with Crippen molar-refractivity contribution in [2.45, 2.75) is 6.18 Å². The van der Waals surface area contributed by atoms with Gasteiger partial charge in [0.05, 0.1) is 21.7 Å². The molecule has 9 heteroatoms. The lowest BCUT2D eigenvalue weighted by Gasteiger charge is -2.18. The summed E-state index contributed by atoms with van der Waals surface area (Å²) in [6, 6.07) is 17.7. The van der Waals surface area contributed by atoms with Crippen LogP contribution in [0.15, 0.2) is 72.8 Å². The molecule has 0 saturated carbocycles. The van der Waals surface area contributed by atoms with Crippen LogP contribution < -0.4 is 5.32 Å². The van der Waals surface area contributed by atoms with Gasteiger partial charge in [0.25, 0.3) is 11.6 Å². The van der Waals surface area contributed by atoms with Crippen LogP contribution in [-0.2, 0) is 13.2 Å². The van der Waals surface area contributed by atoms with Gasteiger partial charge in [-0.15, -0.1) is 0 Å². The zero-order chi connectivity index (χ0) is 23.0. The Hall–Kier alpha value is -4.14. The molecule has 1 heterocycles. The van der Waals surface area contributed by atoms with Crippen LogP contribution in [0.3, 0.4) is 0 Å². The molecule has 1 aromatic heterocycles. The first-order valence-corrected chi connectivity index (χ1v) is 9.47. The maximum absolute atomic E-state index is 14.0. The number of nitro groups is 1. The van der Waals surface area contributed by atoms with Crippen LogP contribution in [0.5, 0.6) is 0 Å². The van der Waals surface area contributed by atoms with E-state index in [0.717, 1.165) is 0 Å². The standard InChI is InChI=1S/C23H16F3N3O3/c1-28-19-13-16(29(31)32)11-10-15(19)12-20(28)22(30)27-18-9-5-8-17(21(18)23(24,25)26)14-6-3-2-4-7-14/h2-13H,1H3,(H,27,30). The zero-order valence-corrected chi connectivity index (χ0v) is 16.7. The molecular weight excluding hydrogens is 423 g/mol. The van der Waals surface area contributed by atoms with E-state index in [1.807, 2.05) is 0 Å². The number of alkyl halides is 3. The number of aromatic nitrogens is 1. The monoisotopic (exact) mass is 439 g/mol. The first-order valence-electron chi connectivity index (χ1n) is 9.47. The van der Waals surface area contributed by atoms with Crippen molar-refractivity contribution in [2.75, 3.05) is 5.32 Å². The summed E-state index contributed by atoms with van der Waals surface area (Å²) < 4.78 is 43.4. The molecule has 0 aliphatic carbocycles. The van der Waals surface area contributed by atoms with Gasteiger partial charge < -0.3 is 9.88 Å². The minimum Gasteiger partial charge on any atom is -0.339 e. The van der Waals surface area contributed by atoms with Crippen LogP contribution in [-0.4, -0.2) is 15.4 Å². The molecule has 1 amide bonds. The highest BCUT2D eigenvalue weighted by Crippen LogP contribution is 2.42. The van der Waals surface area contributed by atoms with Gasteiger partial charge >= 0.3 is 6.18 Å². The first kappa shape index (κ1) is 21.1. The molecule has 0 atom stereocenters. The number of anilines is 1. The first-order chi connectivity index (χ1) is 15.2. The molecule has 4 rings (SSSR count). The Labute approximate surface area is 180 Å². The largest absolute Gasteiger partial charge is 0.419 e. The summed E-state index contributed by atoms with van der Waals surface area (Å²) in [6.07, 6.45) is -4.71. The van der Waals surface area contributed by atoms with Gasteiger partial charge in [-0.3, -0.25) is 14.9 Å². The number of benzene rings is 3. The fourth-order valence-electron chi connectivity index (χ4n) is 3.66. The third-order valence-electron chi connectivity index (χ3n) is 5.15. The number of halogens is 3. The number of nitrogens with one attached hydrogen (secondary N) is 1. The van der Waals surface area contributed by atoms with Crippen molar-refractivity contribution >= 4 is 28.2 Å². The topological polar surface area (TPSA) is 77.2 Å². The number of non-ortho nitro benzene ring substituents is 1. The van der Waals surface area contributed by atoms with Crippen molar-refractivity contribution < 1.29 is 22.9 Å². The third-order valence-corrected chi connectivity index (χ3v) is 5.15. The molecule has 0 bridgehead atoms. The summed E-state index contributed by atoms with van der Waals surface area (Å²) in [7, 11) is 1.52. The SMILES string of the molecule is Cn1c(C(=O)Nc2cccc(-c3ccccc3)c2C(F)(F)F)cc2ccc([N+](=O)[O-])cc21. The average Bonchev–Trinajstić information content (AvgIpc) is 3.09. The molecule has 32 heavy (non-hydrogen) atoms. The Balaban J connectivity index is 1.77. The summed E-state index contributed by atoms with van der Waals surface area (Å²) in [6.45, 7) is 0. The highest BCUT2D eigenvalue weighted by Gasteiger charge is 2.37. The van der Waals surface area contributed by atoms with Crippen LogP contribution in [0, 0.1) is 10.1 Å². The predicted octanol–water partition coefficient (Wildman–Crippen LogP) is 6.02. The smallest absolute Gasteiger partial charge is 0.339 e. The van der Waals surface area contributed by atoms with E-state index in [0.29, 0.717) is 16.5 Å². The molecule has 0 aliphatic rings. The van der Waals surface area contributed by atoms with Gasteiger partial charge in [-0.2, -0.15) is 13.2 Å². The number of nitro benzene ring substituents is 1. The van der Waals surface area contributed by atoms with E-state index in [9.17, 15) is 28.1 Å². The summed E-state index contributed by atoms with van der Waals surface area (Å²) in [4.78, 5) is 23.4. The van der Waals surface area contributed by atoms with Crippen molar-refractivity contribution in [1.82, 2.24) is 4.57 Å². The van der Waals surface area contributed by atoms with Gasteiger partial charge in [0, 0.05) is 24.6 Å². The van der Waals surface area contributed by atoms with Crippen molar-refractivity contribution in [3.8, 4) is 11.1 Å². The second-order valence-corrected chi connectivity index (χ2v) is 7.13. The van der Waals surface area contributed by atoms with Gasteiger partial charge in [0.15, 0.2) is 0 Å². The summed E-state index contributed by atoms with van der Waals surface area (Å²) in [5.41, 5.74) is -0.678. The number of aryl methyl sites for hydroxylation is 1. The number of amides is 1. The number of hydrogen-bond donors (Lipinski definition) is 1. The number of hydrogen-bond acceptors (Lipinski definition) is 3. The normalized spacial score (nSPS) is 11.5. The summed E-state index contributed by atoms with van der Waals surface area (Å²) in [5.74, 6) is -0.762. The maximum atomic E-state index is 14.0. The molecule has 0 saturated heterocycles. The van der Waals surface area contributed by atoms with E-state index >= 15 is 0 Å². The Morgan fingerprint density at radius 1 is 1.00 bits per heavy atom. The number of carbonyl (C=O) groups excluding carboxylic acids is 1. The predicted molar refractivity (Wildman–Crippen MR) is 114 cm³/mol. The molecule has 3 aromatic carbocycles. The van der Waals surface area contributed by atoms with E-state index in [2.05, 4.69) is 5.32 Å². The fourth-order valence-corrected chi connectivity index (χ4v) is 3.66. The minimum atomic E-state index is -4.71. The van der Waals surface area contributed by atoms with Crippen molar-refractivity contribution in [1.29, 1.82) is 0 Å². The zero-order valence-electron chi connectivity index (χ0n) is 16.7. The second-order valence-electron chi connectivity index (χ2n) is 7.13. The number of fused-ring (bicyclic) bond motifs is 1. The molecule has 0 aliphatic heterocycles. The molecule has 0 unspecified atom stereocenters. The molecule has 0 fully saturated rings. The van der Waals surface area contributed by atoms with Crippen molar-refractivity contribution in [3.63, 3.8) is 0 Å². The quantitative estimate of drug-likeness (QED) is 0.312. The van der Waals surface area contributed by atoms with Crippen LogP contribution in [0.25, 0.3) is 22.0 Å². The van der Waals surface area contributed by atoms with Crippen LogP contribution in [0.2, 0.25) is 0 Å². The van der Waals surface area contributed by atoms with E-state index in [-0.39, 0.29) is 22.6 Å². The Morgan fingerprint density at radius 2 is 1.72 bits per heavy atom. The third kappa shape index (κ3) is 3.80. The molecule has 162 valence electrons. The lowest BCUT2D eigenvalue weighted by molar-refractivity contribution is -0.384. The van der Waals surface area contributed by atoms with Gasteiger partial charge in [-0.05, 0) is 29.3 Å². The minimum absolute atomic E-state index is 0.0523. The molecule has 0 spiro atoms. The molecule has 1 N–H and O–H groups in total. The fraction of sp³-hybridized carbons (Fsp3) is 0.0870. The summed E-state index contributed by atoms with van der Waals surface area (Å²) >= 11 is 0. The Bertz CT molecular complexity index is 1350. The highest BCUT2D eigenvalue weighted by molar-refractivity contribution is 6.07. The lowest BCUT2D eigenvalue weighted by Crippen LogP contribution is -2.19. The van der Waals surface area contributed by atoms with Crippen LogP contribution in [0.1, 0.15) is 16.1 Å². The van der Waals surface area contributed by atoms with Gasteiger partial charge in [-0.25, -0.2) is 0 Å². The maximum Gasteiger partial charge on any atom is 0.419 e. The van der Waals surface area contributed by atoms with E-state index < -0.39 is 22.6 Å². The Kier molecular flexibility index (Phi) is 5.17. The number of rotatable bonds is 4. The van der Waals surface area contributed by atoms with Gasteiger partial charge in [0.2, 0.25) is 0 Å². The average molecular weight is 439 g/mol. The van der Waals surface area contributed by atoms with E-state index in [4.69, 9.17) is 0 Å². The molecule has 0 radical (unpaired) electrons. The number of nitrogens with zero attached hydrogens (tertiary/aromatic N) is 2. The molecular formula is C23H16F3N3O3. The van der Waals surface area contributed by atoms with E-state index in [1.54, 1.807) is 30.3 Å². The van der Waals surface area contributed by atoms with E-state index in [1.165, 1.54) is 54.1 Å². The second kappa shape index (κ2) is 7.84. The summed E-state index contributed by atoms with van der Waals surface area (Å²) in [5, 5.41) is 14.0. The van der Waals surface area contributed by atoms with Crippen molar-refractivity contribution in [3.05, 3.63) is 94.2 Å². The number of carbonyl (C=O) groups is 1. The lowest BCUT2D eigenvalue weighted by atomic mass is 9.97. The Morgan fingerprint density at radius 3 is 2.38 bits per heavy atom. The van der Waals surface area contributed by atoms with Crippen LogP contribution in [0.4, 0.5) is 24.5 Å². The van der Waals surface area contributed by atoms with Crippen LogP contribution >= 0.6 is 0 Å². The highest BCUT2D eigenvalue weighted by atomic mass is 19.4. The van der Waals surface area contributed by atoms with Gasteiger partial charge in [-0.1, -0.05) is 42.5 Å². The molecule has 6 nitrogen and oxygen atoms in total. The van der Waals surface area contributed by atoms with Gasteiger partial charge in [0.1, 0.15) is 5.69 Å².